The summed E-state index contributed by atoms with van der Waals surface area (Å²) in [6.45, 7) is 6.81. The molecule has 3 aromatic rings. The lowest BCUT2D eigenvalue weighted by Crippen LogP contribution is -2.37. The Labute approximate surface area is 214 Å². The van der Waals surface area contributed by atoms with Crippen LogP contribution in [-0.2, 0) is 0 Å². The van der Waals surface area contributed by atoms with Gasteiger partial charge in [-0.15, -0.1) is 4.37 Å². The third-order valence-corrected chi connectivity index (χ3v) is 7.04. The number of benzene rings is 2. The van der Waals surface area contributed by atoms with Gasteiger partial charge in [-0.2, -0.15) is 0 Å². The summed E-state index contributed by atoms with van der Waals surface area (Å²) < 4.78 is 25.1. The number of nitrogens with one attached hydrogen (secondary N) is 2. The standard InChI is InChI=1S/C26H33N5O4S/c1-26(2,3)22(17-10-6-5-7-11-17)28-24-23(29-36(34)30-24)27-20-14-8-13-19(21(20)35-4)25(33)31-15-9-12-18(31)16-32/h5-8,10-11,13-14,18,22,32H,9,12,15-16H2,1-4H3,(H,27,29)(H,28,30)/t18-,22?,36?/m0/s1. The quantitative estimate of drug-likeness (QED) is 0.409. The lowest BCUT2D eigenvalue weighted by atomic mass is 9.83. The van der Waals surface area contributed by atoms with Crippen LogP contribution in [0.25, 0.3) is 0 Å². The number of likely N-dealkylation sites (tertiary alicyclic amines) is 1. The Morgan fingerprint density at radius 1 is 1.31 bits per heavy atom. The van der Waals surface area contributed by atoms with E-state index in [4.69, 9.17) is 9.73 Å². The van der Waals surface area contributed by atoms with E-state index in [0.717, 1.165) is 18.4 Å². The highest BCUT2D eigenvalue weighted by Crippen LogP contribution is 2.36. The molecule has 2 heterocycles. The fraction of sp³-hybridized carbons (Fsp3) is 0.423. The maximum absolute atomic E-state index is 13.3. The molecule has 9 nitrogen and oxygen atoms in total. The van der Waals surface area contributed by atoms with Crippen molar-refractivity contribution in [2.45, 2.75) is 45.7 Å². The maximum Gasteiger partial charge on any atom is 0.258 e. The number of amides is 1. The van der Waals surface area contributed by atoms with Crippen molar-refractivity contribution in [3.05, 3.63) is 65.1 Å². The number of carbonyl (C=O) groups excluding carboxylic acids is 1. The number of para-hydroxylation sites is 1. The van der Waals surface area contributed by atoms with E-state index in [2.05, 4.69) is 34.8 Å². The Bertz CT molecular complexity index is 1270. The van der Waals surface area contributed by atoms with Crippen LogP contribution < -0.4 is 15.5 Å². The first-order valence-corrected chi connectivity index (χ1v) is 13.1. The van der Waals surface area contributed by atoms with Gasteiger partial charge in [0, 0.05) is 10.9 Å². The minimum atomic E-state index is -1.69. The van der Waals surface area contributed by atoms with Crippen molar-refractivity contribution in [2.24, 2.45) is 10.4 Å². The molecule has 3 N–H and O–H groups in total. The zero-order valence-corrected chi connectivity index (χ0v) is 21.8. The number of aliphatic hydroxyl groups excluding tert-OH is 1. The van der Waals surface area contributed by atoms with Crippen molar-refractivity contribution in [1.82, 2.24) is 13.6 Å². The zero-order chi connectivity index (χ0) is 25.9. The van der Waals surface area contributed by atoms with E-state index in [1.54, 1.807) is 23.1 Å². The number of aliphatic hydroxyl groups is 1. The number of aromatic nitrogens is 2. The van der Waals surface area contributed by atoms with Crippen molar-refractivity contribution in [2.75, 3.05) is 25.6 Å². The third kappa shape index (κ3) is 5.45. The van der Waals surface area contributed by atoms with Crippen molar-refractivity contribution < 1.29 is 19.2 Å². The zero-order valence-electron chi connectivity index (χ0n) is 21.0. The van der Waals surface area contributed by atoms with E-state index in [0.29, 0.717) is 34.9 Å². The average molecular weight is 512 g/mol. The van der Waals surface area contributed by atoms with Crippen molar-refractivity contribution >= 4 is 28.6 Å². The molecule has 1 aliphatic rings. The molecule has 4 rings (SSSR count). The lowest BCUT2D eigenvalue weighted by molar-refractivity contribution is 0.0674. The van der Waals surface area contributed by atoms with Gasteiger partial charge in [0.15, 0.2) is 16.9 Å². The molecule has 1 saturated heterocycles. The predicted molar refractivity (Wildman–Crippen MR) is 139 cm³/mol. The van der Waals surface area contributed by atoms with Gasteiger partial charge >= 0.3 is 0 Å². The monoisotopic (exact) mass is 511 g/mol. The van der Waals surface area contributed by atoms with Crippen molar-refractivity contribution in [3.63, 3.8) is 0 Å². The van der Waals surface area contributed by atoms with Crippen molar-refractivity contribution in [3.8, 4) is 5.75 Å². The summed E-state index contributed by atoms with van der Waals surface area (Å²) in [5.74, 6) is 0.449. The van der Waals surface area contributed by atoms with Gasteiger partial charge in [0.1, 0.15) is 0 Å². The minimum Gasteiger partial charge on any atom is -0.548 e. The SMILES string of the molecule is COc1c(Nc2n[s+]([O-])[nH]c2=NC(c2ccccc2)C(C)(C)C)cccc1C(=O)N1CCC[C@H]1CO. The van der Waals surface area contributed by atoms with Crippen LogP contribution in [0, 0.1) is 5.41 Å². The molecule has 1 aromatic heterocycles. The molecule has 1 aliphatic heterocycles. The van der Waals surface area contributed by atoms with Crippen LogP contribution >= 0.6 is 11.1 Å². The number of carbonyl (C=O) groups is 1. The number of hydrogen-bond acceptors (Lipinski definition) is 7. The fourth-order valence-electron chi connectivity index (χ4n) is 4.58. The largest absolute Gasteiger partial charge is 0.548 e. The molecule has 10 heteroatoms. The molecule has 2 aromatic carbocycles. The number of rotatable bonds is 7. The average Bonchev–Trinajstić information content (AvgIpc) is 3.47. The summed E-state index contributed by atoms with van der Waals surface area (Å²) >= 11 is -1.69. The summed E-state index contributed by atoms with van der Waals surface area (Å²) in [7, 11) is 1.50. The first-order valence-electron chi connectivity index (χ1n) is 12.0. The van der Waals surface area contributed by atoms with Crippen LogP contribution in [0.2, 0.25) is 0 Å². The summed E-state index contributed by atoms with van der Waals surface area (Å²) in [4.78, 5) is 19.9. The van der Waals surface area contributed by atoms with E-state index in [-0.39, 0.29) is 30.0 Å². The van der Waals surface area contributed by atoms with E-state index < -0.39 is 11.1 Å². The number of H-pyrrole nitrogens is 1. The Hall–Kier alpha value is -3.21. The summed E-state index contributed by atoms with van der Waals surface area (Å²) in [6.07, 6.45) is 1.62. The van der Waals surface area contributed by atoms with Gasteiger partial charge < -0.3 is 24.6 Å². The highest BCUT2D eigenvalue weighted by atomic mass is 32.2. The normalized spacial score (nSPS) is 17.8. The second-order valence-electron chi connectivity index (χ2n) is 9.94. The first kappa shape index (κ1) is 25.9. The van der Waals surface area contributed by atoms with Gasteiger partial charge in [-0.25, -0.2) is 0 Å². The molecule has 36 heavy (non-hydrogen) atoms. The number of hydrogen-bond donors (Lipinski definition) is 3. The van der Waals surface area contributed by atoms with E-state index in [9.17, 15) is 14.5 Å². The molecular weight excluding hydrogens is 478 g/mol. The second-order valence-corrected chi connectivity index (χ2v) is 10.8. The topological polar surface area (TPSA) is 126 Å². The molecule has 0 bridgehead atoms. The first-order chi connectivity index (χ1) is 17.2. The Kier molecular flexibility index (Phi) is 7.77. The van der Waals surface area contributed by atoms with E-state index in [1.165, 1.54) is 7.11 Å². The molecule has 192 valence electrons. The van der Waals surface area contributed by atoms with Gasteiger partial charge in [0.05, 0.1) is 37.1 Å². The van der Waals surface area contributed by atoms with Gasteiger partial charge in [-0.05, 0) is 36.0 Å². The summed E-state index contributed by atoms with van der Waals surface area (Å²) in [6, 6.07) is 14.7. The molecule has 1 fully saturated rings. The summed E-state index contributed by atoms with van der Waals surface area (Å²) in [5.41, 5.74) is 2.07. The fourth-order valence-corrected chi connectivity index (χ4v) is 5.24. The van der Waals surface area contributed by atoms with Crippen LogP contribution in [0.5, 0.6) is 5.75 Å². The number of anilines is 2. The third-order valence-electron chi connectivity index (χ3n) is 6.33. The number of aromatic amines is 1. The Balaban J connectivity index is 1.72. The highest BCUT2D eigenvalue weighted by Gasteiger charge is 2.31. The maximum atomic E-state index is 13.3. The van der Waals surface area contributed by atoms with E-state index in [1.807, 2.05) is 30.3 Å². The van der Waals surface area contributed by atoms with Crippen LogP contribution in [0.4, 0.5) is 11.5 Å². The molecule has 3 atom stereocenters. The Morgan fingerprint density at radius 3 is 2.72 bits per heavy atom. The summed E-state index contributed by atoms with van der Waals surface area (Å²) in [5, 5.41) is 12.8. The molecule has 1 amide bonds. The molecule has 0 saturated carbocycles. The second kappa shape index (κ2) is 10.8. The number of nitrogens with zero attached hydrogens (tertiary/aromatic N) is 3. The molecular formula is C26H33N5O4S. The predicted octanol–water partition coefficient (Wildman–Crippen LogP) is 4.17. The van der Waals surface area contributed by atoms with Crippen molar-refractivity contribution in [1.29, 1.82) is 0 Å². The lowest BCUT2D eigenvalue weighted by Gasteiger charge is -2.27. The van der Waals surface area contributed by atoms with Gasteiger partial charge in [-0.1, -0.05) is 57.2 Å². The van der Waals surface area contributed by atoms with Gasteiger partial charge in [0.25, 0.3) is 5.91 Å². The number of ether oxygens (including phenoxy) is 1. The molecule has 2 unspecified atom stereocenters. The molecule has 0 aliphatic carbocycles. The van der Waals surface area contributed by atoms with Crippen LogP contribution in [-0.4, -0.2) is 55.5 Å². The van der Waals surface area contributed by atoms with Gasteiger partial charge in [-0.3, -0.25) is 9.79 Å². The smallest absolute Gasteiger partial charge is 0.258 e. The van der Waals surface area contributed by atoms with E-state index >= 15 is 0 Å². The Morgan fingerprint density at radius 2 is 2.06 bits per heavy atom. The van der Waals surface area contributed by atoms with Crippen LogP contribution in [0.1, 0.15) is 55.6 Å². The highest BCUT2D eigenvalue weighted by molar-refractivity contribution is 7.13. The molecule has 0 spiro atoms. The van der Waals surface area contributed by atoms with Gasteiger partial charge in [0.2, 0.25) is 11.3 Å². The molecule has 0 radical (unpaired) electrons. The van der Waals surface area contributed by atoms with Crippen LogP contribution in [0.3, 0.4) is 0 Å². The number of methoxy groups -OCH3 is 1. The minimum absolute atomic E-state index is 0.0729. The van der Waals surface area contributed by atoms with Crippen LogP contribution in [0.15, 0.2) is 53.5 Å².